The van der Waals surface area contributed by atoms with Crippen molar-refractivity contribution < 1.29 is 5.82 Å². The molecule has 0 aromatic heterocycles. The molecule has 10 heavy (non-hydrogen) atoms. The third-order valence-corrected chi connectivity index (χ3v) is 2.15. The van der Waals surface area contributed by atoms with Crippen molar-refractivity contribution in [1.82, 2.24) is 10.2 Å². The predicted molar refractivity (Wildman–Crippen MR) is 42.0 cm³/mol. The van der Waals surface area contributed by atoms with Gasteiger partial charge in [0.25, 0.3) is 0 Å². The Balaban J connectivity index is 0.000001000. The fourth-order valence-electron chi connectivity index (χ4n) is 1.19. The second-order valence-electron chi connectivity index (χ2n) is 3.05. The van der Waals surface area contributed by atoms with Crippen molar-refractivity contribution in [2.75, 3.05) is 26.8 Å². The third kappa shape index (κ3) is 1.67. The van der Waals surface area contributed by atoms with Crippen LogP contribution in [0.1, 0.15) is 8.35 Å². The maximum atomic E-state index is 12.1. The molecule has 62 valence electrons. The van der Waals surface area contributed by atoms with Crippen LogP contribution in [0.4, 0.5) is 4.39 Å². The van der Waals surface area contributed by atoms with Gasteiger partial charge in [-0.3, -0.25) is 0 Å². The quantitative estimate of drug-likeness (QED) is 0.582. The van der Waals surface area contributed by atoms with Crippen molar-refractivity contribution in [1.29, 1.82) is 0 Å². The second kappa shape index (κ2) is 3.30. The summed E-state index contributed by atoms with van der Waals surface area (Å²) in [6.07, 6.45) is 0. The van der Waals surface area contributed by atoms with Gasteiger partial charge >= 0.3 is 0 Å². The summed E-state index contributed by atoms with van der Waals surface area (Å²) < 4.78 is 12.1. The molecule has 2 nitrogen and oxygen atoms in total. The van der Waals surface area contributed by atoms with E-state index >= 15 is 0 Å². The molecule has 2 atom stereocenters. The maximum Gasteiger partial charge on any atom is 0.106 e. The summed E-state index contributed by atoms with van der Waals surface area (Å²) in [6.45, 7) is 3.63. The van der Waals surface area contributed by atoms with Gasteiger partial charge in [0, 0.05) is 26.6 Å². The fraction of sp³-hybridized carbons (Fsp3) is 1.00. The number of halogens is 1. The Kier molecular flexibility index (Phi) is 2.63. The van der Waals surface area contributed by atoms with Crippen LogP contribution in [-0.2, 0) is 0 Å². The highest BCUT2D eigenvalue weighted by Gasteiger charge is 2.20. The Bertz CT molecular complexity index is 113. The Morgan fingerprint density at radius 2 is 2.50 bits per heavy atom. The molecule has 0 bridgehead atoms. The first kappa shape index (κ1) is 7.95. The molecule has 1 saturated heterocycles. The topological polar surface area (TPSA) is 15.3 Å². The van der Waals surface area contributed by atoms with Crippen LogP contribution in [0.3, 0.4) is 0 Å². The van der Waals surface area contributed by atoms with E-state index in [2.05, 4.69) is 17.1 Å². The Morgan fingerprint density at radius 1 is 1.80 bits per heavy atom. The SMILES string of the molecule is C[C@@H]1CN[C@@H](CF)CN1C.[HH]. The number of nitrogens with zero attached hydrogens (tertiary/aromatic N) is 1. The van der Waals surface area contributed by atoms with Crippen molar-refractivity contribution in [2.24, 2.45) is 0 Å². The van der Waals surface area contributed by atoms with E-state index in [1.807, 2.05) is 7.05 Å². The Hall–Kier alpha value is -0.150. The molecule has 1 fully saturated rings. The number of piperazine rings is 1. The van der Waals surface area contributed by atoms with Gasteiger partial charge in [-0.25, -0.2) is 4.39 Å². The molecule has 1 N–H and O–H groups in total. The Morgan fingerprint density at radius 3 is 3.00 bits per heavy atom. The molecule has 0 spiro atoms. The summed E-state index contributed by atoms with van der Waals surface area (Å²) in [5, 5.41) is 3.13. The molecule has 0 saturated carbocycles. The molecule has 0 aromatic carbocycles. The zero-order valence-corrected chi connectivity index (χ0v) is 6.60. The summed E-state index contributed by atoms with van der Waals surface area (Å²) in [4.78, 5) is 2.18. The van der Waals surface area contributed by atoms with Gasteiger partial charge in [-0.2, -0.15) is 0 Å². The average molecular weight is 148 g/mol. The summed E-state index contributed by atoms with van der Waals surface area (Å²) in [5.41, 5.74) is 0. The largest absolute Gasteiger partial charge is 0.309 e. The molecule has 0 unspecified atom stereocenters. The van der Waals surface area contributed by atoms with Crippen LogP contribution >= 0.6 is 0 Å². The van der Waals surface area contributed by atoms with Gasteiger partial charge in [0.1, 0.15) is 6.67 Å². The fourth-order valence-corrected chi connectivity index (χ4v) is 1.19. The summed E-state index contributed by atoms with van der Waals surface area (Å²) in [7, 11) is 2.04. The van der Waals surface area contributed by atoms with Crippen LogP contribution in [0.5, 0.6) is 0 Å². The molecular formula is C7H17FN2. The molecule has 1 heterocycles. The predicted octanol–water partition coefficient (Wildman–Crippen LogP) is 0.494. The van der Waals surface area contributed by atoms with E-state index < -0.39 is 0 Å². The van der Waals surface area contributed by atoms with E-state index in [4.69, 9.17) is 0 Å². The van der Waals surface area contributed by atoms with E-state index in [1.54, 1.807) is 0 Å². The molecule has 0 amide bonds. The van der Waals surface area contributed by atoms with Gasteiger partial charge in [-0.05, 0) is 14.0 Å². The van der Waals surface area contributed by atoms with Gasteiger partial charge in [0.15, 0.2) is 0 Å². The lowest BCUT2D eigenvalue weighted by molar-refractivity contribution is 0.159. The van der Waals surface area contributed by atoms with Crippen LogP contribution in [-0.4, -0.2) is 43.8 Å². The number of nitrogens with one attached hydrogen (secondary N) is 1. The monoisotopic (exact) mass is 148 g/mol. The van der Waals surface area contributed by atoms with Crippen molar-refractivity contribution in [3.8, 4) is 0 Å². The Labute approximate surface area is 62.9 Å². The van der Waals surface area contributed by atoms with E-state index in [0.717, 1.165) is 13.1 Å². The average Bonchev–Trinajstić information content (AvgIpc) is 1.95. The van der Waals surface area contributed by atoms with Gasteiger partial charge in [-0.1, -0.05) is 0 Å². The molecular weight excluding hydrogens is 131 g/mol. The second-order valence-corrected chi connectivity index (χ2v) is 3.05. The molecule has 0 radical (unpaired) electrons. The van der Waals surface area contributed by atoms with Crippen LogP contribution in [0.2, 0.25) is 0 Å². The zero-order valence-electron chi connectivity index (χ0n) is 6.60. The van der Waals surface area contributed by atoms with E-state index in [-0.39, 0.29) is 14.1 Å². The number of likely N-dealkylation sites (N-methyl/N-ethyl adjacent to an activating group) is 1. The minimum absolute atomic E-state index is 0. The number of alkyl halides is 1. The van der Waals surface area contributed by atoms with Crippen molar-refractivity contribution in [3.63, 3.8) is 0 Å². The standard InChI is InChI=1S/C7H15FN2.H2/c1-6-4-9-7(3-8)5-10(6)2;/h6-7,9H,3-5H2,1-2H3;1H/t6-,7+;/m1./s1. The lowest BCUT2D eigenvalue weighted by Crippen LogP contribution is -2.54. The van der Waals surface area contributed by atoms with Gasteiger partial charge in [-0.15, -0.1) is 0 Å². The molecule has 1 aliphatic rings. The van der Waals surface area contributed by atoms with Crippen LogP contribution in [0.25, 0.3) is 0 Å². The van der Waals surface area contributed by atoms with E-state index in [0.29, 0.717) is 6.04 Å². The molecule has 3 heteroatoms. The summed E-state index contributed by atoms with van der Waals surface area (Å²) >= 11 is 0. The van der Waals surface area contributed by atoms with Crippen molar-refractivity contribution >= 4 is 0 Å². The number of rotatable bonds is 1. The number of hydrogen-bond donors (Lipinski definition) is 1. The maximum absolute atomic E-state index is 12.1. The third-order valence-electron chi connectivity index (χ3n) is 2.15. The first-order valence-corrected chi connectivity index (χ1v) is 3.73. The molecule has 1 aliphatic heterocycles. The minimum atomic E-state index is -0.253. The number of hydrogen-bond acceptors (Lipinski definition) is 2. The van der Waals surface area contributed by atoms with E-state index in [1.165, 1.54) is 0 Å². The van der Waals surface area contributed by atoms with Gasteiger partial charge < -0.3 is 10.2 Å². The van der Waals surface area contributed by atoms with Gasteiger partial charge in [0.2, 0.25) is 0 Å². The summed E-state index contributed by atoms with van der Waals surface area (Å²) in [6, 6.07) is 0.601. The first-order valence-electron chi connectivity index (χ1n) is 3.73. The smallest absolute Gasteiger partial charge is 0.106 e. The zero-order chi connectivity index (χ0) is 7.56. The van der Waals surface area contributed by atoms with Crippen LogP contribution in [0.15, 0.2) is 0 Å². The lowest BCUT2D eigenvalue weighted by Gasteiger charge is -2.34. The highest BCUT2D eigenvalue weighted by molar-refractivity contribution is 4.80. The minimum Gasteiger partial charge on any atom is -0.309 e. The molecule has 0 aromatic rings. The molecule has 0 aliphatic carbocycles. The highest BCUT2D eigenvalue weighted by Crippen LogP contribution is 2.03. The summed E-state index contributed by atoms with van der Waals surface area (Å²) in [5.74, 6) is 0. The van der Waals surface area contributed by atoms with Crippen LogP contribution in [0, 0.1) is 0 Å². The van der Waals surface area contributed by atoms with Crippen molar-refractivity contribution in [3.05, 3.63) is 0 Å². The first-order chi connectivity index (χ1) is 4.74. The van der Waals surface area contributed by atoms with Crippen LogP contribution < -0.4 is 5.32 Å². The molecule has 1 rings (SSSR count). The highest BCUT2D eigenvalue weighted by atomic mass is 19.1. The van der Waals surface area contributed by atoms with Crippen molar-refractivity contribution in [2.45, 2.75) is 19.0 Å². The van der Waals surface area contributed by atoms with E-state index in [9.17, 15) is 4.39 Å². The lowest BCUT2D eigenvalue weighted by atomic mass is 10.1. The van der Waals surface area contributed by atoms with Gasteiger partial charge in [0.05, 0.1) is 0 Å². The normalized spacial score (nSPS) is 36.3.